The first kappa shape index (κ1) is 24.4. The van der Waals surface area contributed by atoms with Crippen LogP contribution in [-0.2, 0) is 0 Å². The lowest BCUT2D eigenvalue weighted by atomic mass is 9.76. The third kappa shape index (κ3) is 7.39. The first-order chi connectivity index (χ1) is 15.0. The van der Waals surface area contributed by atoms with E-state index in [9.17, 15) is 13.2 Å². The summed E-state index contributed by atoms with van der Waals surface area (Å²) in [4.78, 5) is 0. The van der Waals surface area contributed by atoms with Gasteiger partial charge in [0.05, 0.1) is 0 Å². The molecule has 0 bridgehead atoms. The zero-order chi connectivity index (χ0) is 22.2. The molecule has 2 aliphatic rings. The van der Waals surface area contributed by atoms with Crippen LogP contribution in [0.15, 0.2) is 24.3 Å². The van der Waals surface area contributed by atoms with E-state index in [2.05, 4.69) is 13.5 Å². The quantitative estimate of drug-likeness (QED) is 0.195. The van der Waals surface area contributed by atoms with Gasteiger partial charge in [0, 0.05) is 0 Å². The average molecular weight is 435 g/mol. The molecule has 2 fully saturated rings. The summed E-state index contributed by atoms with van der Waals surface area (Å²) in [5, 5.41) is 0. The highest BCUT2D eigenvalue weighted by atomic mass is 19.2. The smallest absolute Gasteiger partial charge is 0.194 e. The third-order valence-electron chi connectivity index (χ3n) is 8.17. The summed E-state index contributed by atoms with van der Waals surface area (Å²) >= 11 is 0. The summed E-state index contributed by atoms with van der Waals surface area (Å²) < 4.78 is 40.2. The maximum atomic E-state index is 13.5. The molecule has 31 heavy (non-hydrogen) atoms. The van der Waals surface area contributed by atoms with Crippen molar-refractivity contribution in [3.05, 3.63) is 47.3 Å². The van der Waals surface area contributed by atoms with Gasteiger partial charge in [0.2, 0.25) is 0 Å². The van der Waals surface area contributed by atoms with Crippen molar-refractivity contribution >= 4 is 0 Å². The predicted octanol–water partition coefficient (Wildman–Crippen LogP) is 9.49. The molecule has 3 rings (SSSR count). The summed E-state index contributed by atoms with van der Waals surface area (Å²) in [5.74, 6) is -0.690. The molecule has 1 aromatic carbocycles. The van der Waals surface area contributed by atoms with E-state index >= 15 is 0 Å². The van der Waals surface area contributed by atoms with Crippen molar-refractivity contribution < 1.29 is 13.2 Å². The highest BCUT2D eigenvalue weighted by molar-refractivity contribution is 5.23. The highest BCUT2D eigenvalue weighted by Gasteiger charge is 2.25. The molecule has 0 heterocycles. The summed E-state index contributed by atoms with van der Waals surface area (Å²) in [6, 6.07) is 2.39. The standard InChI is InChI=1S/C28H41F3/c1-3-20(2)8-9-23-12-10-21(11-13-23)6-4-5-7-22-14-16-24(17-15-22)25-18-26(29)28(31)27(30)19-25/h18-19,21-24H,2-17H2,1H3. The molecule has 0 nitrogen and oxygen atoms in total. The second-order valence-electron chi connectivity index (χ2n) is 10.3. The molecule has 2 aliphatic carbocycles. The van der Waals surface area contributed by atoms with Crippen LogP contribution in [0.4, 0.5) is 13.2 Å². The normalized spacial score (nSPS) is 26.7. The Morgan fingerprint density at radius 2 is 1.23 bits per heavy atom. The molecule has 0 atom stereocenters. The molecule has 0 spiro atoms. The SMILES string of the molecule is C=C(CC)CCC1CCC(CCCCC2CCC(c3cc(F)c(F)c(F)c3)CC2)CC1. The van der Waals surface area contributed by atoms with Crippen molar-refractivity contribution in [2.24, 2.45) is 17.8 Å². The molecule has 0 aliphatic heterocycles. The monoisotopic (exact) mass is 434 g/mol. The zero-order valence-electron chi connectivity index (χ0n) is 19.4. The maximum Gasteiger partial charge on any atom is 0.194 e. The van der Waals surface area contributed by atoms with Gasteiger partial charge in [0.15, 0.2) is 17.5 Å². The number of benzene rings is 1. The molecule has 0 radical (unpaired) electrons. The van der Waals surface area contributed by atoms with Crippen LogP contribution in [0, 0.1) is 35.2 Å². The second-order valence-corrected chi connectivity index (χ2v) is 10.3. The lowest BCUT2D eigenvalue weighted by Crippen LogP contribution is -2.15. The molecule has 0 amide bonds. The number of allylic oxidation sites excluding steroid dienone is 1. The molecule has 174 valence electrons. The van der Waals surface area contributed by atoms with E-state index in [1.807, 2.05) is 0 Å². The van der Waals surface area contributed by atoms with Crippen molar-refractivity contribution in [2.45, 2.75) is 109 Å². The minimum Gasteiger partial charge on any atom is -0.204 e. The second kappa shape index (κ2) is 12.1. The summed E-state index contributed by atoms with van der Waals surface area (Å²) in [7, 11) is 0. The summed E-state index contributed by atoms with van der Waals surface area (Å²) in [6.07, 6.45) is 18.8. The van der Waals surface area contributed by atoms with Gasteiger partial charge in [0.1, 0.15) is 0 Å². The minimum absolute atomic E-state index is 0.172. The number of unbranched alkanes of at least 4 members (excludes halogenated alkanes) is 1. The van der Waals surface area contributed by atoms with Gasteiger partial charge in [-0.25, -0.2) is 13.2 Å². The van der Waals surface area contributed by atoms with E-state index in [0.29, 0.717) is 5.56 Å². The Morgan fingerprint density at radius 1 is 0.774 bits per heavy atom. The Morgan fingerprint density at radius 3 is 1.71 bits per heavy atom. The number of hydrogen-bond acceptors (Lipinski definition) is 0. The van der Waals surface area contributed by atoms with Crippen molar-refractivity contribution in [1.82, 2.24) is 0 Å². The van der Waals surface area contributed by atoms with Crippen molar-refractivity contribution in [1.29, 1.82) is 0 Å². The molecule has 0 N–H and O–H groups in total. The van der Waals surface area contributed by atoms with E-state index in [1.54, 1.807) is 0 Å². The Kier molecular flexibility index (Phi) is 9.53. The van der Waals surface area contributed by atoms with Crippen LogP contribution >= 0.6 is 0 Å². The highest BCUT2D eigenvalue weighted by Crippen LogP contribution is 2.39. The average Bonchev–Trinajstić information content (AvgIpc) is 2.79. The van der Waals surface area contributed by atoms with E-state index in [-0.39, 0.29) is 5.92 Å². The van der Waals surface area contributed by atoms with Crippen LogP contribution < -0.4 is 0 Å². The molecule has 3 heteroatoms. The molecule has 0 unspecified atom stereocenters. The third-order valence-corrected chi connectivity index (χ3v) is 8.17. The summed E-state index contributed by atoms with van der Waals surface area (Å²) in [6.45, 7) is 6.35. The lowest BCUT2D eigenvalue weighted by molar-refractivity contribution is 0.243. The van der Waals surface area contributed by atoms with Crippen LogP contribution in [0.25, 0.3) is 0 Å². The number of hydrogen-bond donors (Lipinski definition) is 0. The van der Waals surface area contributed by atoms with Crippen LogP contribution in [0.5, 0.6) is 0 Å². The van der Waals surface area contributed by atoms with Crippen molar-refractivity contribution in [3.8, 4) is 0 Å². The molecular formula is C28H41F3. The Balaban J connectivity index is 1.27. The van der Waals surface area contributed by atoms with Crippen LogP contribution in [0.3, 0.4) is 0 Å². The Labute approximate surface area is 187 Å². The lowest BCUT2D eigenvalue weighted by Gasteiger charge is -2.30. The fraction of sp³-hybridized carbons (Fsp3) is 0.714. The van der Waals surface area contributed by atoms with Gasteiger partial charge in [-0.1, -0.05) is 70.4 Å². The van der Waals surface area contributed by atoms with E-state index in [4.69, 9.17) is 0 Å². The van der Waals surface area contributed by atoms with Crippen LogP contribution in [0.1, 0.15) is 115 Å². The fourth-order valence-corrected chi connectivity index (χ4v) is 5.86. The first-order valence-electron chi connectivity index (χ1n) is 12.8. The first-order valence-corrected chi connectivity index (χ1v) is 12.8. The predicted molar refractivity (Wildman–Crippen MR) is 124 cm³/mol. The van der Waals surface area contributed by atoms with E-state index < -0.39 is 17.5 Å². The van der Waals surface area contributed by atoms with Crippen LogP contribution in [-0.4, -0.2) is 0 Å². The maximum absolute atomic E-state index is 13.5. The summed E-state index contributed by atoms with van der Waals surface area (Å²) in [5.41, 5.74) is 2.04. The van der Waals surface area contributed by atoms with Crippen molar-refractivity contribution in [3.63, 3.8) is 0 Å². The Hall–Kier alpha value is -1.25. The zero-order valence-corrected chi connectivity index (χ0v) is 19.4. The van der Waals surface area contributed by atoms with Gasteiger partial charge >= 0.3 is 0 Å². The van der Waals surface area contributed by atoms with E-state index in [0.717, 1.165) is 49.9 Å². The van der Waals surface area contributed by atoms with Gasteiger partial charge in [-0.05, 0) is 86.3 Å². The van der Waals surface area contributed by atoms with Gasteiger partial charge in [-0.15, -0.1) is 0 Å². The minimum atomic E-state index is -1.35. The molecule has 1 aromatic rings. The van der Waals surface area contributed by atoms with E-state index in [1.165, 1.54) is 81.9 Å². The fourth-order valence-electron chi connectivity index (χ4n) is 5.86. The molecule has 2 saturated carbocycles. The molecular weight excluding hydrogens is 393 g/mol. The molecule has 0 aromatic heterocycles. The van der Waals surface area contributed by atoms with Gasteiger partial charge in [-0.3, -0.25) is 0 Å². The largest absolute Gasteiger partial charge is 0.204 e. The van der Waals surface area contributed by atoms with Gasteiger partial charge in [-0.2, -0.15) is 0 Å². The number of halogens is 3. The van der Waals surface area contributed by atoms with Gasteiger partial charge in [0.25, 0.3) is 0 Å². The topological polar surface area (TPSA) is 0 Å². The van der Waals surface area contributed by atoms with Crippen molar-refractivity contribution in [2.75, 3.05) is 0 Å². The number of rotatable bonds is 10. The van der Waals surface area contributed by atoms with Crippen LogP contribution in [0.2, 0.25) is 0 Å². The Bertz CT molecular complexity index is 671. The molecule has 0 saturated heterocycles. The van der Waals surface area contributed by atoms with Gasteiger partial charge < -0.3 is 0 Å².